The van der Waals surface area contributed by atoms with Gasteiger partial charge in [-0.1, -0.05) is 30.3 Å². The highest BCUT2D eigenvalue weighted by Gasteiger charge is 2.25. The van der Waals surface area contributed by atoms with Gasteiger partial charge >= 0.3 is 11.9 Å². The number of fused-ring (bicyclic) bond motifs is 1. The number of carbonyl (C=O) groups is 5. The molecule has 0 aliphatic carbocycles. The van der Waals surface area contributed by atoms with Crippen LogP contribution in [-0.2, 0) is 9.59 Å². The first-order valence-electron chi connectivity index (χ1n) is 10.0. The first kappa shape index (κ1) is 23.5. The summed E-state index contributed by atoms with van der Waals surface area (Å²) in [5.74, 6) is -3.39. The van der Waals surface area contributed by atoms with E-state index in [4.69, 9.17) is 14.9 Å². The molecular weight excluding hydrogens is 476 g/mol. The van der Waals surface area contributed by atoms with Crippen LogP contribution in [0.25, 0.3) is 16.8 Å². The molecule has 0 saturated carbocycles. The van der Waals surface area contributed by atoms with Gasteiger partial charge in [-0.2, -0.15) is 0 Å². The van der Waals surface area contributed by atoms with Gasteiger partial charge in [0.2, 0.25) is 0 Å². The van der Waals surface area contributed by atoms with Crippen molar-refractivity contribution in [3.63, 3.8) is 0 Å². The molecule has 4 rings (SSSR count). The number of anilines is 1. The van der Waals surface area contributed by atoms with Gasteiger partial charge in [0.05, 0.1) is 16.0 Å². The molecule has 1 aliphatic rings. The average molecular weight is 492 g/mol. The van der Waals surface area contributed by atoms with Gasteiger partial charge in [0, 0.05) is 11.1 Å². The maximum atomic E-state index is 12.4. The van der Waals surface area contributed by atoms with Crippen molar-refractivity contribution in [3.05, 3.63) is 76.2 Å². The topological polar surface area (TPSA) is 159 Å². The van der Waals surface area contributed by atoms with E-state index < -0.39 is 35.6 Å². The maximum Gasteiger partial charge on any atom is 0.335 e. The second kappa shape index (κ2) is 9.69. The lowest BCUT2D eigenvalue weighted by atomic mass is 10.0. The summed E-state index contributed by atoms with van der Waals surface area (Å²) < 4.78 is 5.67. The fourth-order valence-electron chi connectivity index (χ4n) is 3.40. The number of benzene rings is 3. The lowest BCUT2D eigenvalue weighted by Gasteiger charge is -2.12. The Balaban J connectivity index is 1.53. The summed E-state index contributed by atoms with van der Waals surface area (Å²) in [5, 5.41) is 23.9. The highest BCUT2D eigenvalue weighted by Crippen LogP contribution is 2.32. The van der Waals surface area contributed by atoms with Crippen LogP contribution in [0.1, 0.15) is 26.3 Å². The first-order chi connectivity index (χ1) is 16.7. The SMILES string of the molecule is O=C(COc1ccc(C=C2SC(=O)NC2=O)c2ccccc12)Nc1cc(C(=O)O)cc(C(=O)O)c1. The third-order valence-electron chi connectivity index (χ3n) is 4.92. The average Bonchev–Trinajstić information content (AvgIpc) is 3.14. The van der Waals surface area contributed by atoms with Crippen molar-refractivity contribution in [2.45, 2.75) is 0 Å². The van der Waals surface area contributed by atoms with E-state index in [-0.39, 0.29) is 21.7 Å². The van der Waals surface area contributed by atoms with Gasteiger partial charge in [0.1, 0.15) is 5.75 Å². The van der Waals surface area contributed by atoms with E-state index in [1.807, 2.05) is 0 Å². The highest BCUT2D eigenvalue weighted by atomic mass is 32.2. The minimum atomic E-state index is -1.33. The van der Waals surface area contributed by atoms with Crippen molar-refractivity contribution < 1.29 is 38.9 Å². The normalized spacial score (nSPS) is 14.1. The number of hydrogen-bond acceptors (Lipinski definition) is 7. The Labute approximate surface area is 201 Å². The number of carboxylic acids is 2. The number of carbonyl (C=O) groups excluding carboxylic acids is 3. The number of aromatic carboxylic acids is 2. The Morgan fingerprint density at radius 1 is 0.943 bits per heavy atom. The van der Waals surface area contributed by atoms with E-state index in [1.54, 1.807) is 42.5 Å². The van der Waals surface area contributed by atoms with Gasteiger partial charge < -0.3 is 20.3 Å². The molecule has 176 valence electrons. The Morgan fingerprint density at radius 3 is 2.20 bits per heavy atom. The summed E-state index contributed by atoms with van der Waals surface area (Å²) >= 11 is 0.806. The van der Waals surface area contributed by atoms with E-state index in [1.165, 1.54) is 0 Å². The third-order valence-corrected chi connectivity index (χ3v) is 5.73. The van der Waals surface area contributed by atoms with Gasteiger partial charge in [-0.3, -0.25) is 19.7 Å². The number of hydrogen-bond donors (Lipinski definition) is 4. The second-order valence-corrected chi connectivity index (χ2v) is 8.31. The predicted octanol–water partition coefficient (Wildman–Crippen LogP) is 3.58. The zero-order valence-corrected chi connectivity index (χ0v) is 18.5. The summed E-state index contributed by atoms with van der Waals surface area (Å²) in [4.78, 5) is 58.5. The Bertz CT molecular complexity index is 1410. The molecule has 0 atom stereocenters. The molecule has 1 saturated heterocycles. The van der Waals surface area contributed by atoms with Crippen molar-refractivity contribution in [1.82, 2.24) is 5.32 Å². The zero-order valence-electron chi connectivity index (χ0n) is 17.7. The standard InChI is InChI=1S/C24H16N2O8S/c27-20(25-15-8-13(22(29)30)7-14(9-15)23(31)32)11-34-18-6-5-12(16-3-1-2-4-17(16)18)10-19-21(28)26-24(33)35-19/h1-10H,11H2,(H,25,27)(H,29,30)(H,31,32)(H,26,28,33). The van der Waals surface area contributed by atoms with Crippen LogP contribution in [0, 0.1) is 0 Å². The first-order valence-corrected chi connectivity index (χ1v) is 10.8. The molecule has 0 spiro atoms. The van der Waals surface area contributed by atoms with Crippen LogP contribution in [-0.4, -0.2) is 45.8 Å². The number of nitrogens with one attached hydrogen (secondary N) is 2. The number of imide groups is 1. The molecule has 0 bridgehead atoms. The fourth-order valence-corrected chi connectivity index (χ4v) is 4.07. The van der Waals surface area contributed by atoms with Crippen LogP contribution in [0.3, 0.4) is 0 Å². The van der Waals surface area contributed by atoms with Crippen LogP contribution < -0.4 is 15.4 Å². The molecular formula is C24H16N2O8S. The molecule has 1 heterocycles. The largest absolute Gasteiger partial charge is 0.483 e. The molecule has 0 radical (unpaired) electrons. The summed E-state index contributed by atoms with van der Waals surface area (Å²) in [6, 6.07) is 13.7. The molecule has 4 N–H and O–H groups in total. The van der Waals surface area contributed by atoms with Crippen LogP contribution in [0.15, 0.2) is 59.5 Å². The predicted molar refractivity (Wildman–Crippen MR) is 128 cm³/mol. The van der Waals surface area contributed by atoms with Crippen LogP contribution in [0.4, 0.5) is 10.5 Å². The van der Waals surface area contributed by atoms with E-state index in [0.717, 1.165) is 35.3 Å². The van der Waals surface area contributed by atoms with Gasteiger partial charge in [0.15, 0.2) is 6.61 Å². The van der Waals surface area contributed by atoms with Gasteiger partial charge in [-0.15, -0.1) is 0 Å². The molecule has 10 nitrogen and oxygen atoms in total. The van der Waals surface area contributed by atoms with E-state index in [9.17, 15) is 24.0 Å². The molecule has 11 heteroatoms. The number of amides is 3. The van der Waals surface area contributed by atoms with Crippen LogP contribution in [0.5, 0.6) is 5.75 Å². The maximum absolute atomic E-state index is 12.4. The van der Waals surface area contributed by atoms with Crippen LogP contribution >= 0.6 is 11.8 Å². The Kier molecular flexibility index (Phi) is 6.51. The molecule has 3 amide bonds. The summed E-state index contributed by atoms with van der Waals surface area (Å²) in [5.41, 5.74) is 0.112. The zero-order chi connectivity index (χ0) is 25.1. The minimum absolute atomic E-state index is 0.00428. The number of rotatable bonds is 7. The number of carboxylic acid groups (broad SMARTS) is 2. The van der Waals surface area contributed by atoms with E-state index in [2.05, 4.69) is 10.6 Å². The Hall–Kier alpha value is -4.64. The summed E-state index contributed by atoms with van der Waals surface area (Å²) in [6.07, 6.45) is 1.60. The number of thioether (sulfide) groups is 1. The molecule has 1 aliphatic heterocycles. The van der Waals surface area contributed by atoms with Crippen molar-refractivity contribution in [1.29, 1.82) is 0 Å². The van der Waals surface area contributed by atoms with Crippen molar-refractivity contribution >= 4 is 63.3 Å². The molecule has 35 heavy (non-hydrogen) atoms. The smallest absolute Gasteiger partial charge is 0.335 e. The minimum Gasteiger partial charge on any atom is -0.483 e. The van der Waals surface area contributed by atoms with Crippen molar-refractivity contribution in [2.24, 2.45) is 0 Å². The van der Waals surface area contributed by atoms with Gasteiger partial charge in [-0.05, 0) is 53.1 Å². The molecule has 1 fully saturated rings. The monoisotopic (exact) mass is 492 g/mol. The third kappa shape index (κ3) is 5.31. The fraction of sp³-hybridized carbons (Fsp3) is 0.0417. The van der Waals surface area contributed by atoms with Gasteiger partial charge in [0.25, 0.3) is 17.1 Å². The lowest BCUT2D eigenvalue weighted by Crippen LogP contribution is -2.20. The molecule has 3 aromatic rings. The molecule has 0 unspecified atom stereocenters. The highest BCUT2D eigenvalue weighted by molar-refractivity contribution is 8.18. The van der Waals surface area contributed by atoms with E-state index >= 15 is 0 Å². The van der Waals surface area contributed by atoms with E-state index in [0.29, 0.717) is 16.7 Å². The second-order valence-electron chi connectivity index (χ2n) is 7.30. The van der Waals surface area contributed by atoms with Crippen molar-refractivity contribution in [2.75, 3.05) is 11.9 Å². The molecule has 3 aromatic carbocycles. The Morgan fingerprint density at radius 2 is 1.60 bits per heavy atom. The lowest BCUT2D eigenvalue weighted by molar-refractivity contribution is -0.118. The van der Waals surface area contributed by atoms with Crippen LogP contribution in [0.2, 0.25) is 0 Å². The summed E-state index contributed by atoms with van der Waals surface area (Å²) in [6.45, 7) is -0.434. The number of ether oxygens (including phenoxy) is 1. The van der Waals surface area contributed by atoms with Crippen molar-refractivity contribution in [3.8, 4) is 5.75 Å². The summed E-state index contributed by atoms with van der Waals surface area (Å²) in [7, 11) is 0. The molecule has 0 aromatic heterocycles. The quantitative estimate of drug-likeness (QED) is 0.362. The van der Waals surface area contributed by atoms with Gasteiger partial charge in [-0.25, -0.2) is 9.59 Å².